The van der Waals surface area contributed by atoms with E-state index in [0.29, 0.717) is 12.1 Å². The van der Waals surface area contributed by atoms with E-state index < -0.39 is 0 Å². The Labute approximate surface area is 169 Å². The molecule has 0 spiro atoms. The van der Waals surface area contributed by atoms with Crippen LogP contribution in [0.1, 0.15) is 50.2 Å². The SMILES string of the molecule is CCc1cccc(N2CCN(CCC3CC(NC(=O)NC4CC4)C3)CC2)c1C. The fourth-order valence-electron chi connectivity index (χ4n) is 4.70. The van der Waals surface area contributed by atoms with Gasteiger partial charge in [0.15, 0.2) is 0 Å². The lowest BCUT2D eigenvalue weighted by Gasteiger charge is -2.40. The quantitative estimate of drug-likeness (QED) is 0.758. The monoisotopic (exact) mass is 384 g/mol. The number of amides is 2. The maximum absolute atomic E-state index is 11.8. The zero-order valence-corrected chi connectivity index (χ0v) is 17.5. The van der Waals surface area contributed by atoms with Gasteiger partial charge in [0.25, 0.3) is 0 Å². The van der Waals surface area contributed by atoms with Crippen LogP contribution in [0.25, 0.3) is 0 Å². The summed E-state index contributed by atoms with van der Waals surface area (Å²) >= 11 is 0. The van der Waals surface area contributed by atoms with Crippen molar-refractivity contribution in [3.63, 3.8) is 0 Å². The number of piperazine rings is 1. The average Bonchev–Trinajstić information content (AvgIpc) is 3.48. The molecule has 154 valence electrons. The van der Waals surface area contributed by atoms with Gasteiger partial charge in [0.1, 0.15) is 0 Å². The summed E-state index contributed by atoms with van der Waals surface area (Å²) in [5.41, 5.74) is 4.35. The van der Waals surface area contributed by atoms with Gasteiger partial charge in [0, 0.05) is 44.0 Å². The Kier molecular flexibility index (Phi) is 6.10. The molecule has 1 heterocycles. The number of benzene rings is 1. The van der Waals surface area contributed by atoms with E-state index in [2.05, 4.69) is 52.5 Å². The molecule has 28 heavy (non-hydrogen) atoms. The van der Waals surface area contributed by atoms with Crippen molar-refractivity contribution < 1.29 is 4.79 Å². The summed E-state index contributed by atoms with van der Waals surface area (Å²) in [6.45, 7) is 10.3. The number of rotatable bonds is 7. The van der Waals surface area contributed by atoms with Crippen LogP contribution in [0.5, 0.6) is 0 Å². The molecular weight excluding hydrogens is 348 g/mol. The van der Waals surface area contributed by atoms with Gasteiger partial charge in [0.05, 0.1) is 0 Å². The average molecular weight is 385 g/mol. The van der Waals surface area contributed by atoms with E-state index in [4.69, 9.17) is 0 Å². The van der Waals surface area contributed by atoms with E-state index in [-0.39, 0.29) is 6.03 Å². The number of carbonyl (C=O) groups excluding carboxylic acids is 1. The molecule has 2 saturated carbocycles. The predicted octanol–water partition coefficient (Wildman–Crippen LogP) is 3.31. The zero-order chi connectivity index (χ0) is 19.5. The molecule has 0 radical (unpaired) electrons. The summed E-state index contributed by atoms with van der Waals surface area (Å²) in [4.78, 5) is 17.0. The second-order valence-corrected chi connectivity index (χ2v) is 8.96. The molecule has 0 unspecified atom stereocenters. The number of carbonyl (C=O) groups is 1. The Morgan fingerprint density at radius 3 is 2.46 bits per heavy atom. The van der Waals surface area contributed by atoms with Crippen molar-refractivity contribution in [2.24, 2.45) is 5.92 Å². The van der Waals surface area contributed by atoms with E-state index in [1.165, 1.54) is 29.8 Å². The van der Waals surface area contributed by atoms with E-state index in [1.807, 2.05) is 0 Å². The highest BCUT2D eigenvalue weighted by molar-refractivity contribution is 5.75. The molecule has 4 rings (SSSR count). The van der Waals surface area contributed by atoms with Crippen LogP contribution in [-0.4, -0.2) is 55.7 Å². The van der Waals surface area contributed by atoms with Gasteiger partial charge in [-0.25, -0.2) is 4.79 Å². The lowest BCUT2D eigenvalue weighted by molar-refractivity contribution is 0.169. The summed E-state index contributed by atoms with van der Waals surface area (Å²) in [5, 5.41) is 6.14. The van der Waals surface area contributed by atoms with Crippen LogP contribution < -0.4 is 15.5 Å². The molecule has 1 aromatic carbocycles. The molecule has 1 aliphatic heterocycles. The summed E-state index contributed by atoms with van der Waals surface area (Å²) < 4.78 is 0. The van der Waals surface area contributed by atoms with E-state index in [0.717, 1.165) is 64.2 Å². The number of hydrogen-bond donors (Lipinski definition) is 2. The van der Waals surface area contributed by atoms with Crippen molar-refractivity contribution in [1.29, 1.82) is 0 Å². The first-order valence-corrected chi connectivity index (χ1v) is 11.2. The van der Waals surface area contributed by atoms with Gasteiger partial charge >= 0.3 is 6.03 Å². The lowest BCUT2D eigenvalue weighted by atomic mass is 9.78. The minimum Gasteiger partial charge on any atom is -0.369 e. The normalized spacial score (nSPS) is 25.3. The third-order valence-corrected chi connectivity index (χ3v) is 6.85. The topological polar surface area (TPSA) is 47.6 Å². The molecule has 0 atom stereocenters. The number of nitrogens with zero attached hydrogens (tertiary/aromatic N) is 2. The molecule has 3 fully saturated rings. The maximum atomic E-state index is 11.8. The van der Waals surface area contributed by atoms with Crippen LogP contribution in [0.2, 0.25) is 0 Å². The standard InChI is InChI=1S/C23H36N4O/c1-3-19-5-4-6-22(17(19)2)27-13-11-26(12-14-27)10-9-18-15-21(16-18)25-23(28)24-20-7-8-20/h4-6,18,20-21H,3,7-16H2,1-2H3,(H2,24,25,28). The fourth-order valence-corrected chi connectivity index (χ4v) is 4.70. The third kappa shape index (κ3) is 4.80. The molecule has 5 nitrogen and oxygen atoms in total. The second kappa shape index (κ2) is 8.73. The minimum absolute atomic E-state index is 0.0458. The molecule has 0 aromatic heterocycles. The predicted molar refractivity (Wildman–Crippen MR) is 115 cm³/mol. The molecule has 1 saturated heterocycles. The van der Waals surface area contributed by atoms with Crippen LogP contribution in [0.15, 0.2) is 18.2 Å². The number of urea groups is 1. The summed E-state index contributed by atoms with van der Waals surface area (Å²) in [6, 6.07) is 7.64. The largest absolute Gasteiger partial charge is 0.369 e. The number of nitrogens with one attached hydrogen (secondary N) is 2. The smallest absolute Gasteiger partial charge is 0.315 e. The fraction of sp³-hybridized carbons (Fsp3) is 0.696. The van der Waals surface area contributed by atoms with Gasteiger partial charge in [-0.2, -0.15) is 0 Å². The van der Waals surface area contributed by atoms with Crippen LogP contribution in [-0.2, 0) is 6.42 Å². The van der Waals surface area contributed by atoms with Crippen LogP contribution in [0, 0.1) is 12.8 Å². The molecular formula is C23H36N4O. The van der Waals surface area contributed by atoms with Crippen molar-refractivity contribution >= 4 is 11.7 Å². The van der Waals surface area contributed by atoms with Gasteiger partial charge in [-0.3, -0.25) is 4.90 Å². The van der Waals surface area contributed by atoms with Crippen molar-refractivity contribution in [2.75, 3.05) is 37.6 Å². The first-order valence-electron chi connectivity index (χ1n) is 11.2. The highest BCUT2D eigenvalue weighted by Crippen LogP contribution is 2.31. The molecule has 0 bridgehead atoms. The Morgan fingerprint density at radius 1 is 1.07 bits per heavy atom. The highest BCUT2D eigenvalue weighted by Gasteiger charge is 2.32. The van der Waals surface area contributed by atoms with Crippen LogP contribution in [0.3, 0.4) is 0 Å². The minimum atomic E-state index is 0.0458. The summed E-state index contributed by atoms with van der Waals surface area (Å²) in [6.07, 6.45) is 6.99. The van der Waals surface area contributed by atoms with Gasteiger partial charge in [-0.1, -0.05) is 19.1 Å². The maximum Gasteiger partial charge on any atom is 0.315 e. The Hall–Kier alpha value is -1.75. The molecule has 2 amide bonds. The first kappa shape index (κ1) is 19.6. The van der Waals surface area contributed by atoms with Crippen molar-refractivity contribution in [2.45, 2.75) is 64.5 Å². The van der Waals surface area contributed by atoms with E-state index in [9.17, 15) is 4.79 Å². The van der Waals surface area contributed by atoms with Gasteiger partial charge in [-0.05, 0) is 75.1 Å². The van der Waals surface area contributed by atoms with Crippen molar-refractivity contribution in [3.05, 3.63) is 29.3 Å². The Bertz CT molecular complexity index is 673. The Balaban J connectivity index is 1.13. The first-order chi connectivity index (χ1) is 13.6. The molecule has 3 aliphatic rings. The van der Waals surface area contributed by atoms with E-state index in [1.54, 1.807) is 0 Å². The van der Waals surface area contributed by atoms with Crippen LogP contribution in [0.4, 0.5) is 10.5 Å². The number of anilines is 1. The third-order valence-electron chi connectivity index (χ3n) is 6.85. The van der Waals surface area contributed by atoms with Crippen molar-refractivity contribution in [1.82, 2.24) is 15.5 Å². The second-order valence-electron chi connectivity index (χ2n) is 8.96. The van der Waals surface area contributed by atoms with Gasteiger partial charge < -0.3 is 15.5 Å². The van der Waals surface area contributed by atoms with Crippen LogP contribution >= 0.6 is 0 Å². The summed E-state index contributed by atoms with van der Waals surface area (Å²) in [7, 11) is 0. The van der Waals surface area contributed by atoms with Gasteiger partial charge in [0.2, 0.25) is 0 Å². The zero-order valence-electron chi connectivity index (χ0n) is 17.5. The molecule has 2 aliphatic carbocycles. The van der Waals surface area contributed by atoms with E-state index >= 15 is 0 Å². The van der Waals surface area contributed by atoms with Crippen molar-refractivity contribution in [3.8, 4) is 0 Å². The lowest BCUT2D eigenvalue weighted by Crippen LogP contribution is -2.50. The molecule has 1 aromatic rings. The number of aryl methyl sites for hydroxylation is 1. The Morgan fingerprint density at radius 2 is 1.79 bits per heavy atom. The summed E-state index contributed by atoms with van der Waals surface area (Å²) in [5.74, 6) is 0.785. The number of hydrogen-bond acceptors (Lipinski definition) is 3. The highest BCUT2D eigenvalue weighted by atomic mass is 16.2. The molecule has 2 N–H and O–H groups in total. The van der Waals surface area contributed by atoms with Gasteiger partial charge in [-0.15, -0.1) is 0 Å². The molecule has 5 heteroatoms.